The van der Waals surface area contributed by atoms with Gasteiger partial charge in [-0.05, 0) is 31.8 Å². The normalized spacial score (nSPS) is 17.4. The van der Waals surface area contributed by atoms with E-state index in [1.165, 1.54) is 25.2 Å². The molecule has 1 fully saturated rings. The summed E-state index contributed by atoms with van der Waals surface area (Å²) < 4.78 is 0. The van der Waals surface area contributed by atoms with Crippen LogP contribution in [0.4, 0.5) is 0 Å². The fourth-order valence-electron chi connectivity index (χ4n) is 2.58. The van der Waals surface area contributed by atoms with Crippen LogP contribution >= 0.6 is 11.6 Å². The van der Waals surface area contributed by atoms with Crippen LogP contribution in [0.15, 0.2) is 12.4 Å². The summed E-state index contributed by atoms with van der Waals surface area (Å²) in [5.74, 6) is 0.309. The maximum Gasteiger partial charge on any atom is 0.271 e. The molecule has 1 amide bonds. The second kappa shape index (κ2) is 6.99. The Labute approximate surface area is 124 Å². The number of amides is 1. The molecule has 0 spiro atoms. The van der Waals surface area contributed by atoms with E-state index in [4.69, 9.17) is 11.6 Å². The summed E-state index contributed by atoms with van der Waals surface area (Å²) in [6.07, 6.45) is 5.29. The largest absolute Gasteiger partial charge is 0.349 e. The quantitative estimate of drug-likeness (QED) is 0.903. The fraction of sp³-hybridized carbons (Fsp3) is 0.643. The molecular formula is C14H21ClN4O. The molecule has 1 saturated heterocycles. The van der Waals surface area contributed by atoms with Crippen molar-refractivity contribution in [2.24, 2.45) is 5.92 Å². The van der Waals surface area contributed by atoms with Gasteiger partial charge in [-0.25, -0.2) is 9.97 Å². The lowest BCUT2D eigenvalue weighted by atomic mass is 10.0. The molecule has 1 unspecified atom stereocenters. The number of carbonyl (C=O) groups is 1. The molecule has 1 aromatic heterocycles. The molecule has 20 heavy (non-hydrogen) atoms. The maximum atomic E-state index is 12.0. The number of nitrogens with one attached hydrogen (secondary N) is 1. The lowest BCUT2D eigenvalue weighted by molar-refractivity contribution is 0.0922. The number of likely N-dealkylation sites (tertiary alicyclic amines) is 1. The van der Waals surface area contributed by atoms with Crippen LogP contribution in [0, 0.1) is 5.92 Å². The standard InChI is InChI=1S/C14H21ClN4O/c1-10(2)12(19-5-3-4-6-19)8-18-14(20)11-7-17-13(15)9-16-11/h7,9-10,12H,3-6,8H2,1-2H3,(H,18,20). The minimum absolute atomic E-state index is 0.195. The van der Waals surface area contributed by atoms with Crippen molar-refractivity contribution in [1.82, 2.24) is 20.2 Å². The van der Waals surface area contributed by atoms with Crippen LogP contribution in [-0.4, -0.2) is 46.5 Å². The van der Waals surface area contributed by atoms with Gasteiger partial charge < -0.3 is 5.32 Å². The third kappa shape index (κ3) is 3.90. The summed E-state index contributed by atoms with van der Waals surface area (Å²) in [6.45, 7) is 7.27. The zero-order valence-corrected chi connectivity index (χ0v) is 12.7. The first-order valence-electron chi connectivity index (χ1n) is 7.07. The zero-order chi connectivity index (χ0) is 14.5. The van der Waals surface area contributed by atoms with Gasteiger partial charge in [-0.15, -0.1) is 0 Å². The Kier molecular flexibility index (Phi) is 5.31. The van der Waals surface area contributed by atoms with Gasteiger partial charge in [-0.3, -0.25) is 9.69 Å². The molecule has 1 atom stereocenters. The van der Waals surface area contributed by atoms with Crippen molar-refractivity contribution in [3.8, 4) is 0 Å². The minimum Gasteiger partial charge on any atom is -0.349 e. The molecule has 0 aliphatic carbocycles. The smallest absolute Gasteiger partial charge is 0.271 e. The van der Waals surface area contributed by atoms with E-state index in [-0.39, 0.29) is 5.91 Å². The average Bonchev–Trinajstić information content (AvgIpc) is 2.93. The van der Waals surface area contributed by atoms with E-state index in [0.717, 1.165) is 13.1 Å². The number of rotatable bonds is 5. The molecule has 110 valence electrons. The molecule has 0 bridgehead atoms. The van der Waals surface area contributed by atoms with E-state index < -0.39 is 0 Å². The van der Waals surface area contributed by atoms with Crippen molar-refractivity contribution in [2.45, 2.75) is 32.7 Å². The zero-order valence-electron chi connectivity index (χ0n) is 12.0. The lowest BCUT2D eigenvalue weighted by Crippen LogP contribution is -2.45. The third-order valence-electron chi connectivity index (χ3n) is 3.70. The Morgan fingerprint density at radius 2 is 2.05 bits per heavy atom. The molecule has 1 aliphatic rings. The van der Waals surface area contributed by atoms with Gasteiger partial charge in [0.05, 0.1) is 12.4 Å². The van der Waals surface area contributed by atoms with Crippen molar-refractivity contribution in [3.63, 3.8) is 0 Å². The molecule has 0 radical (unpaired) electrons. The summed E-state index contributed by atoms with van der Waals surface area (Å²) in [4.78, 5) is 22.3. The van der Waals surface area contributed by atoms with Crippen molar-refractivity contribution < 1.29 is 4.79 Å². The highest BCUT2D eigenvalue weighted by atomic mass is 35.5. The van der Waals surface area contributed by atoms with Gasteiger partial charge in [0.1, 0.15) is 10.8 Å². The van der Waals surface area contributed by atoms with Crippen LogP contribution < -0.4 is 5.32 Å². The number of halogens is 1. The third-order valence-corrected chi connectivity index (χ3v) is 3.90. The van der Waals surface area contributed by atoms with Crippen molar-refractivity contribution in [1.29, 1.82) is 0 Å². The highest BCUT2D eigenvalue weighted by Gasteiger charge is 2.25. The Hall–Kier alpha value is -1.20. The Bertz CT molecular complexity index is 443. The summed E-state index contributed by atoms with van der Waals surface area (Å²) in [5.41, 5.74) is 0.304. The van der Waals surface area contributed by atoms with E-state index in [0.29, 0.717) is 29.4 Å². The fourth-order valence-corrected chi connectivity index (χ4v) is 2.67. The van der Waals surface area contributed by atoms with Crippen LogP contribution in [-0.2, 0) is 0 Å². The minimum atomic E-state index is -0.195. The topological polar surface area (TPSA) is 58.1 Å². The van der Waals surface area contributed by atoms with Gasteiger partial charge in [-0.2, -0.15) is 0 Å². The second-order valence-corrected chi connectivity index (χ2v) is 5.88. The first-order valence-corrected chi connectivity index (χ1v) is 7.45. The summed E-state index contributed by atoms with van der Waals surface area (Å²) in [7, 11) is 0. The highest BCUT2D eigenvalue weighted by Crippen LogP contribution is 2.17. The monoisotopic (exact) mass is 296 g/mol. The number of hydrogen-bond acceptors (Lipinski definition) is 4. The van der Waals surface area contributed by atoms with Crippen molar-refractivity contribution in [2.75, 3.05) is 19.6 Å². The molecule has 1 N–H and O–H groups in total. The van der Waals surface area contributed by atoms with Crippen LogP contribution in [0.2, 0.25) is 5.15 Å². The Morgan fingerprint density at radius 3 is 2.60 bits per heavy atom. The molecule has 1 aliphatic heterocycles. The molecule has 2 heterocycles. The van der Waals surface area contributed by atoms with Crippen molar-refractivity contribution in [3.05, 3.63) is 23.2 Å². The van der Waals surface area contributed by atoms with E-state index >= 15 is 0 Å². The van der Waals surface area contributed by atoms with Gasteiger partial charge in [0.15, 0.2) is 0 Å². The predicted molar refractivity (Wildman–Crippen MR) is 78.8 cm³/mol. The second-order valence-electron chi connectivity index (χ2n) is 5.49. The number of carbonyl (C=O) groups excluding carboxylic acids is 1. The Morgan fingerprint density at radius 1 is 1.35 bits per heavy atom. The summed E-state index contributed by atoms with van der Waals surface area (Å²) in [6, 6.07) is 0.377. The van der Waals surface area contributed by atoms with Crippen LogP contribution in [0.3, 0.4) is 0 Å². The van der Waals surface area contributed by atoms with E-state index in [9.17, 15) is 4.79 Å². The van der Waals surface area contributed by atoms with Crippen molar-refractivity contribution >= 4 is 17.5 Å². The van der Waals surface area contributed by atoms with Crippen LogP contribution in [0.5, 0.6) is 0 Å². The molecule has 0 saturated carbocycles. The van der Waals surface area contributed by atoms with Gasteiger partial charge in [0.25, 0.3) is 5.91 Å². The summed E-state index contributed by atoms with van der Waals surface area (Å²) >= 11 is 5.66. The van der Waals surface area contributed by atoms with Crippen LogP contribution in [0.25, 0.3) is 0 Å². The highest BCUT2D eigenvalue weighted by molar-refractivity contribution is 6.29. The van der Waals surface area contributed by atoms with Gasteiger partial charge in [0, 0.05) is 12.6 Å². The predicted octanol–water partition coefficient (Wildman–Crippen LogP) is 1.98. The molecule has 1 aromatic rings. The van der Waals surface area contributed by atoms with E-state index in [1.54, 1.807) is 0 Å². The van der Waals surface area contributed by atoms with Gasteiger partial charge in [-0.1, -0.05) is 25.4 Å². The van der Waals surface area contributed by atoms with Crippen LogP contribution in [0.1, 0.15) is 37.2 Å². The molecular weight excluding hydrogens is 276 g/mol. The van der Waals surface area contributed by atoms with Gasteiger partial charge in [0.2, 0.25) is 0 Å². The Balaban J connectivity index is 1.91. The molecule has 2 rings (SSSR count). The first-order chi connectivity index (χ1) is 9.58. The molecule has 6 heteroatoms. The first kappa shape index (κ1) is 15.2. The SMILES string of the molecule is CC(C)C(CNC(=O)c1cnc(Cl)cn1)N1CCCC1. The number of aromatic nitrogens is 2. The lowest BCUT2D eigenvalue weighted by Gasteiger charge is -2.30. The molecule has 0 aromatic carbocycles. The summed E-state index contributed by atoms with van der Waals surface area (Å²) in [5, 5.41) is 3.24. The molecule has 5 nitrogen and oxygen atoms in total. The van der Waals surface area contributed by atoms with Gasteiger partial charge >= 0.3 is 0 Å². The van der Waals surface area contributed by atoms with E-state index in [2.05, 4.69) is 34.0 Å². The number of hydrogen-bond donors (Lipinski definition) is 1. The van der Waals surface area contributed by atoms with E-state index in [1.807, 2.05) is 0 Å². The average molecular weight is 297 g/mol. The number of nitrogens with zero attached hydrogens (tertiary/aromatic N) is 3. The maximum absolute atomic E-state index is 12.0.